The summed E-state index contributed by atoms with van der Waals surface area (Å²) in [6.45, 7) is 4.19. The highest BCUT2D eigenvalue weighted by Gasteiger charge is 2.27. The van der Waals surface area contributed by atoms with Crippen molar-refractivity contribution in [2.45, 2.75) is 57.0 Å². The Kier molecular flexibility index (Phi) is 4.66. The van der Waals surface area contributed by atoms with Crippen molar-refractivity contribution in [2.24, 2.45) is 11.7 Å². The second kappa shape index (κ2) is 5.91. The van der Waals surface area contributed by atoms with Crippen molar-refractivity contribution >= 4 is 21.4 Å². The van der Waals surface area contributed by atoms with Crippen LogP contribution in [-0.4, -0.2) is 14.5 Å². The summed E-state index contributed by atoms with van der Waals surface area (Å²) in [5.41, 5.74) is 5.57. The molecule has 1 saturated carbocycles. The van der Waals surface area contributed by atoms with Gasteiger partial charge in [0, 0.05) is 22.3 Å². The van der Waals surface area contributed by atoms with Crippen LogP contribution in [0.15, 0.2) is 11.0 Å². The third-order valence-electron chi connectivity index (χ3n) is 3.86. The third kappa shape index (κ3) is 3.37. The zero-order valence-corrected chi connectivity index (χ0v) is 13.1. The molecular weight excluding hydrogens is 280 g/mol. The molecule has 0 amide bonds. The Labute approximate surface area is 119 Å². The zero-order chi connectivity index (χ0) is 14.0. The van der Waals surface area contributed by atoms with Gasteiger partial charge in [0.05, 0.1) is 4.90 Å². The topological polar surface area (TPSA) is 72.2 Å². The Bertz CT molecular complexity index is 531. The normalized spacial score (nSPS) is 18.9. The molecule has 2 rings (SSSR count). The molecule has 6 heteroatoms. The molecule has 1 aromatic heterocycles. The minimum absolute atomic E-state index is 0.00752. The summed E-state index contributed by atoms with van der Waals surface area (Å²) in [5.74, 6) is 0.475. The maximum absolute atomic E-state index is 12.4. The van der Waals surface area contributed by atoms with Crippen LogP contribution < -0.4 is 10.5 Å². The molecule has 1 fully saturated rings. The predicted octanol–water partition coefficient (Wildman–Crippen LogP) is 2.37. The smallest absolute Gasteiger partial charge is 0.241 e. The van der Waals surface area contributed by atoms with E-state index in [4.69, 9.17) is 5.73 Å². The van der Waals surface area contributed by atoms with Crippen molar-refractivity contribution in [3.63, 3.8) is 0 Å². The molecule has 1 atom stereocenters. The average Bonchev–Trinajstić information content (AvgIpc) is 2.96. The van der Waals surface area contributed by atoms with Crippen molar-refractivity contribution in [3.8, 4) is 0 Å². The van der Waals surface area contributed by atoms with E-state index in [1.165, 1.54) is 24.2 Å². The minimum atomic E-state index is -3.41. The maximum atomic E-state index is 12.4. The minimum Gasteiger partial charge on any atom is -0.326 e. The summed E-state index contributed by atoms with van der Waals surface area (Å²) in [5, 5.41) is 0. The van der Waals surface area contributed by atoms with E-state index in [0.717, 1.165) is 22.6 Å². The lowest BCUT2D eigenvalue weighted by molar-refractivity contribution is 0.424. The Hall–Kier alpha value is -0.430. The number of nitrogens with one attached hydrogen (secondary N) is 1. The van der Waals surface area contributed by atoms with Crippen molar-refractivity contribution in [1.29, 1.82) is 0 Å². The molecule has 19 heavy (non-hydrogen) atoms. The summed E-state index contributed by atoms with van der Waals surface area (Å²) < 4.78 is 27.6. The molecule has 108 valence electrons. The van der Waals surface area contributed by atoms with Crippen LogP contribution in [0.4, 0.5) is 0 Å². The monoisotopic (exact) mass is 302 g/mol. The first-order valence-corrected chi connectivity index (χ1v) is 9.05. The van der Waals surface area contributed by atoms with Gasteiger partial charge < -0.3 is 5.73 Å². The fourth-order valence-electron chi connectivity index (χ4n) is 2.75. The molecule has 4 nitrogen and oxygen atoms in total. The summed E-state index contributed by atoms with van der Waals surface area (Å²) in [6, 6.07) is 1.71. The number of rotatable bonds is 5. The third-order valence-corrected chi connectivity index (χ3v) is 6.75. The van der Waals surface area contributed by atoms with Crippen molar-refractivity contribution < 1.29 is 8.42 Å². The van der Waals surface area contributed by atoms with Crippen molar-refractivity contribution in [2.75, 3.05) is 0 Å². The van der Waals surface area contributed by atoms with Crippen LogP contribution in [0.5, 0.6) is 0 Å². The van der Waals surface area contributed by atoms with Crippen LogP contribution >= 0.6 is 11.3 Å². The molecule has 1 aliphatic rings. The number of hydrogen-bond acceptors (Lipinski definition) is 4. The Morgan fingerprint density at radius 2 is 2.11 bits per heavy atom. The van der Waals surface area contributed by atoms with Crippen LogP contribution in [0.2, 0.25) is 0 Å². The molecule has 3 N–H and O–H groups in total. The first-order chi connectivity index (χ1) is 8.94. The van der Waals surface area contributed by atoms with E-state index < -0.39 is 10.0 Å². The lowest BCUT2D eigenvalue weighted by Gasteiger charge is -2.20. The van der Waals surface area contributed by atoms with Gasteiger partial charge in [0.2, 0.25) is 10.0 Å². The van der Waals surface area contributed by atoms with E-state index in [9.17, 15) is 8.42 Å². The molecule has 0 spiro atoms. The van der Waals surface area contributed by atoms with Crippen LogP contribution in [0.3, 0.4) is 0 Å². The largest absolute Gasteiger partial charge is 0.326 e. The zero-order valence-electron chi connectivity index (χ0n) is 11.5. The molecule has 0 aromatic carbocycles. The van der Waals surface area contributed by atoms with E-state index in [1.54, 1.807) is 6.07 Å². The quantitative estimate of drug-likeness (QED) is 0.877. The molecule has 1 aromatic rings. The molecule has 0 aliphatic heterocycles. The molecule has 1 heterocycles. The highest BCUT2D eigenvalue weighted by Crippen LogP contribution is 2.30. The van der Waals surface area contributed by atoms with Crippen LogP contribution in [-0.2, 0) is 16.6 Å². The number of nitrogens with two attached hydrogens (primary N) is 1. The van der Waals surface area contributed by atoms with Crippen LogP contribution in [0.1, 0.15) is 42.4 Å². The highest BCUT2D eigenvalue weighted by atomic mass is 32.2. The van der Waals surface area contributed by atoms with Crippen molar-refractivity contribution in [1.82, 2.24) is 4.72 Å². The lowest BCUT2D eigenvalue weighted by atomic mass is 10.0. The summed E-state index contributed by atoms with van der Waals surface area (Å²) >= 11 is 1.46. The van der Waals surface area contributed by atoms with Crippen LogP contribution in [0, 0.1) is 12.8 Å². The van der Waals surface area contributed by atoms with Gasteiger partial charge in [-0.15, -0.1) is 11.3 Å². The number of hydrogen-bond donors (Lipinski definition) is 2. The average molecular weight is 302 g/mol. The molecule has 0 bridgehead atoms. The van der Waals surface area contributed by atoms with Crippen LogP contribution in [0.25, 0.3) is 0 Å². The Morgan fingerprint density at radius 3 is 2.63 bits per heavy atom. The maximum Gasteiger partial charge on any atom is 0.241 e. The molecule has 1 unspecified atom stereocenters. The van der Waals surface area contributed by atoms with Gasteiger partial charge in [0.15, 0.2) is 0 Å². The summed E-state index contributed by atoms with van der Waals surface area (Å²) in [6.07, 6.45) is 4.68. The van der Waals surface area contributed by atoms with E-state index in [0.29, 0.717) is 17.4 Å². The fraction of sp³-hybridized carbons (Fsp3) is 0.692. The summed E-state index contributed by atoms with van der Waals surface area (Å²) in [7, 11) is -3.41. The molecular formula is C13H22N2O2S2. The molecule has 0 saturated heterocycles. The standard InChI is InChI=1S/C13H22N2O2S2/c1-9(11-5-3-4-6-11)15-19(16,17)13-7-12(8-14)18-10(13)2/h7,9,11,15H,3-6,8,14H2,1-2H3. The van der Waals surface area contributed by atoms with Gasteiger partial charge in [-0.2, -0.15) is 0 Å². The van der Waals surface area contributed by atoms with E-state index in [1.807, 2.05) is 13.8 Å². The SMILES string of the molecule is Cc1sc(CN)cc1S(=O)(=O)NC(C)C1CCCC1. The van der Waals surface area contributed by atoms with Gasteiger partial charge in [-0.1, -0.05) is 12.8 Å². The van der Waals surface area contributed by atoms with Gasteiger partial charge >= 0.3 is 0 Å². The highest BCUT2D eigenvalue weighted by molar-refractivity contribution is 7.89. The number of aryl methyl sites for hydroxylation is 1. The molecule has 1 aliphatic carbocycles. The number of sulfonamides is 1. The van der Waals surface area contributed by atoms with Gasteiger partial charge in [-0.3, -0.25) is 0 Å². The van der Waals surface area contributed by atoms with Gasteiger partial charge in [0.1, 0.15) is 0 Å². The Morgan fingerprint density at radius 1 is 1.47 bits per heavy atom. The van der Waals surface area contributed by atoms with Gasteiger partial charge in [-0.25, -0.2) is 13.1 Å². The second-order valence-electron chi connectivity index (χ2n) is 5.29. The molecule has 0 radical (unpaired) electrons. The summed E-state index contributed by atoms with van der Waals surface area (Å²) in [4.78, 5) is 2.11. The number of thiophene rings is 1. The van der Waals surface area contributed by atoms with E-state index in [-0.39, 0.29) is 6.04 Å². The first-order valence-electron chi connectivity index (χ1n) is 6.75. The Balaban J connectivity index is 2.14. The predicted molar refractivity (Wildman–Crippen MR) is 78.7 cm³/mol. The van der Waals surface area contributed by atoms with Gasteiger partial charge in [-0.05, 0) is 38.7 Å². The van der Waals surface area contributed by atoms with E-state index in [2.05, 4.69) is 4.72 Å². The second-order valence-corrected chi connectivity index (χ2v) is 8.32. The first kappa shape index (κ1) is 15.0. The fourth-order valence-corrected chi connectivity index (χ4v) is 5.58. The van der Waals surface area contributed by atoms with Crippen molar-refractivity contribution in [3.05, 3.63) is 15.8 Å². The van der Waals surface area contributed by atoms with E-state index >= 15 is 0 Å². The van der Waals surface area contributed by atoms with Gasteiger partial charge in [0.25, 0.3) is 0 Å². The lowest BCUT2D eigenvalue weighted by Crippen LogP contribution is -2.37.